The number of fused-ring (bicyclic) bond motifs is 1. The summed E-state index contributed by atoms with van der Waals surface area (Å²) >= 11 is 5.96. The van der Waals surface area contributed by atoms with Gasteiger partial charge in [0.15, 0.2) is 11.5 Å². The van der Waals surface area contributed by atoms with E-state index in [1.54, 1.807) is 6.07 Å². The molecule has 0 aliphatic carbocycles. The molecule has 0 aromatic heterocycles. The Hall–Kier alpha value is -1.09. The molecule has 0 spiro atoms. The SMILES string of the molecule is CC(C)c1c(O)c(Cl)cc2c1OCCCO2. The lowest BCUT2D eigenvalue weighted by Crippen LogP contribution is -2.00. The number of ether oxygens (including phenoxy) is 2. The zero-order chi connectivity index (χ0) is 11.7. The molecule has 88 valence electrons. The second-order valence-corrected chi connectivity index (χ2v) is 4.56. The van der Waals surface area contributed by atoms with Crippen molar-refractivity contribution in [3.05, 3.63) is 16.7 Å². The smallest absolute Gasteiger partial charge is 0.168 e. The van der Waals surface area contributed by atoms with Crippen molar-refractivity contribution in [2.75, 3.05) is 13.2 Å². The third-order valence-corrected chi connectivity index (χ3v) is 2.87. The largest absolute Gasteiger partial charge is 0.506 e. The molecule has 2 rings (SSSR count). The number of aromatic hydroxyl groups is 1. The molecule has 0 atom stereocenters. The highest BCUT2D eigenvalue weighted by Crippen LogP contribution is 2.46. The first-order valence-corrected chi connectivity index (χ1v) is 5.80. The van der Waals surface area contributed by atoms with E-state index in [1.165, 1.54) is 0 Å². The van der Waals surface area contributed by atoms with Gasteiger partial charge in [0.05, 0.1) is 18.2 Å². The first-order valence-electron chi connectivity index (χ1n) is 5.42. The van der Waals surface area contributed by atoms with Gasteiger partial charge in [0, 0.05) is 18.1 Å². The fraction of sp³-hybridized carbons (Fsp3) is 0.500. The van der Waals surface area contributed by atoms with Crippen LogP contribution in [-0.2, 0) is 0 Å². The van der Waals surface area contributed by atoms with Crippen molar-refractivity contribution >= 4 is 11.6 Å². The molecule has 0 saturated carbocycles. The van der Waals surface area contributed by atoms with Crippen LogP contribution in [0.4, 0.5) is 0 Å². The van der Waals surface area contributed by atoms with Crippen LogP contribution in [0, 0.1) is 0 Å². The number of halogens is 1. The molecule has 3 nitrogen and oxygen atoms in total. The molecule has 0 amide bonds. The highest BCUT2D eigenvalue weighted by molar-refractivity contribution is 6.32. The maximum Gasteiger partial charge on any atom is 0.168 e. The minimum absolute atomic E-state index is 0.0981. The van der Waals surface area contributed by atoms with Gasteiger partial charge in [-0.05, 0) is 5.92 Å². The normalized spacial score (nSPS) is 15.0. The van der Waals surface area contributed by atoms with Gasteiger partial charge < -0.3 is 14.6 Å². The van der Waals surface area contributed by atoms with E-state index >= 15 is 0 Å². The molecule has 1 aromatic carbocycles. The minimum Gasteiger partial charge on any atom is -0.506 e. The third kappa shape index (κ3) is 1.92. The van der Waals surface area contributed by atoms with Crippen LogP contribution in [-0.4, -0.2) is 18.3 Å². The predicted molar refractivity (Wildman–Crippen MR) is 62.8 cm³/mol. The second-order valence-electron chi connectivity index (χ2n) is 4.15. The van der Waals surface area contributed by atoms with Crippen molar-refractivity contribution < 1.29 is 14.6 Å². The van der Waals surface area contributed by atoms with Crippen LogP contribution < -0.4 is 9.47 Å². The summed E-state index contributed by atoms with van der Waals surface area (Å²) in [7, 11) is 0. The maximum absolute atomic E-state index is 9.95. The summed E-state index contributed by atoms with van der Waals surface area (Å²) in [6, 6.07) is 1.61. The lowest BCUT2D eigenvalue weighted by atomic mass is 10.0. The summed E-state index contributed by atoms with van der Waals surface area (Å²) in [5.74, 6) is 1.49. The summed E-state index contributed by atoms with van der Waals surface area (Å²) in [6.45, 7) is 5.19. The molecule has 0 radical (unpaired) electrons. The lowest BCUT2D eigenvalue weighted by molar-refractivity contribution is 0.295. The minimum atomic E-state index is 0.0981. The molecule has 1 aromatic rings. The van der Waals surface area contributed by atoms with E-state index in [1.807, 2.05) is 13.8 Å². The van der Waals surface area contributed by atoms with Crippen molar-refractivity contribution in [3.63, 3.8) is 0 Å². The average molecular weight is 243 g/mol. The molecule has 0 unspecified atom stereocenters. The first kappa shape index (κ1) is 11.4. The second kappa shape index (κ2) is 4.42. The number of hydrogen-bond donors (Lipinski definition) is 1. The van der Waals surface area contributed by atoms with Gasteiger partial charge in [-0.15, -0.1) is 0 Å². The summed E-state index contributed by atoms with van der Waals surface area (Å²) in [4.78, 5) is 0. The number of benzene rings is 1. The Morgan fingerprint density at radius 2 is 2.00 bits per heavy atom. The van der Waals surface area contributed by atoms with Crippen LogP contribution in [0.15, 0.2) is 6.07 Å². The summed E-state index contributed by atoms with van der Waals surface area (Å²) in [6.07, 6.45) is 0.838. The van der Waals surface area contributed by atoms with Gasteiger partial charge in [0.1, 0.15) is 5.75 Å². The van der Waals surface area contributed by atoms with Crippen LogP contribution in [0.3, 0.4) is 0 Å². The van der Waals surface area contributed by atoms with Crippen molar-refractivity contribution in [2.45, 2.75) is 26.2 Å². The lowest BCUT2D eigenvalue weighted by Gasteiger charge is -2.17. The van der Waals surface area contributed by atoms with Crippen LogP contribution >= 0.6 is 11.6 Å². The van der Waals surface area contributed by atoms with Gasteiger partial charge >= 0.3 is 0 Å². The van der Waals surface area contributed by atoms with Gasteiger partial charge in [-0.3, -0.25) is 0 Å². The standard InChI is InChI=1S/C12H15ClO3/c1-7(2)10-11(14)8(13)6-9-12(10)16-5-3-4-15-9/h6-7,14H,3-5H2,1-2H3. The predicted octanol–water partition coefficient (Wildman–Crippen LogP) is 3.33. The molecule has 1 N–H and O–H groups in total. The molecule has 0 saturated heterocycles. The fourth-order valence-corrected chi connectivity index (χ4v) is 2.03. The molecule has 0 bridgehead atoms. The Bertz CT molecular complexity index is 402. The Balaban J connectivity index is 2.60. The number of rotatable bonds is 1. The van der Waals surface area contributed by atoms with Crippen molar-refractivity contribution in [3.8, 4) is 17.2 Å². The summed E-state index contributed by atoms with van der Waals surface area (Å²) < 4.78 is 11.2. The van der Waals surface area contributed by atoms with Crippen LogP contribution in [0.1, 0.15) is 31.7 Å². The summed E-state index contributed by atoms with van der Waals surface area (Å²) in [5, 5.41) is 10.3. The van der Waals surface area contributed by atoms with E-state index in [0.717, 1.165) is 12.0 Å². The molecule has 1 aliphatic rings. The molecule has 1 heterocycles. The highest BCUT2D eigenvalue weighted by Gasteiger charge is 2.23. The number of hydrogen-bond acceptors (Lipinski definition) is 3. The van der Waals surface area contributed by atoms with Gasteiger partial charge in [0.25, 0.3) is 0 Å². The van der Waals surface area contributed by atoms with E-state index in [2.05, 4.69) is 0 Å². The Morgan fingerprint density at radius 1 is 1.31 bits per heavy atom. The van der Waals surface area contributed by atoms with E-state index in [4.69, 9.17) is 21.1 Å². The monoisotopic (exact) mass is 242 g/mol. The molecule has 4 heteroatoms. The molecular formula is C12H15ClO3. The van der Waals surface area contributed by atoms with E-state index < -0.39 is 0 Å². The van der Waals surface area contributed by atoms with Crippen LogP contribution in [0.5, 0.6) is 17.2 Å². The molecule has 1 aliphatic heterocycles. The maximum atomic E-state index is 9.95. The van der Waals surface area contributed by atoms with Crippen LogP contribution in [0.25, 0.3) is 0 Å². The Morgan fingerprint density at radius 3 is 2.69 bits per heavy atom. The van der Waals surface area contributed by atoms with Gasteiger partial charge in [-0.25, -0.2) is 0 Å². The Labute approximate surface area is 99.9 Å². The number of phenols is 1. The molecule has 0 fully saturated rings. The van der Waals surface area contributed by atoms with Crippen molar-refractivity contribution in [1.82, 2.24) is 0 Å². The zero-order valence-corrected chi connectivity index (χ0v) is 10.2. The van der Waals surface area contributed by atoms with Crippen LogP contribution in [0.2, 0.25) is 5.02 Å². The van der Waals surface area contributed by atoms with Gasteiger partial charge in [0.2, 0.25) is 0 Å². The first-order chi connectivity index (χ1) is 7.61. The van der Waals surface area contributed by atoms with Gasteiger partial charge in [-0.2, -0.15) is 0 Å². The zero-order valence-electron chi connectivity index (χ0n) is 9.42. The molecule has 16 heavy (non-hydrogen) atoms. The van der Waals surface area contributed by atoms with Crippen molar-refractivity contribution in [1.29, 1.82) is 0 Å². The average Bonchev–Trinajstić information content (AvgIpc) is 2.44. The van der Waals surface area contributed by atoms with E-state index in [0.29, 0.717) is 29.7 Å². The summed E-state index contributed by atoms with van der Waals surface area (Å²) in [5.41, 5.74) is 0.726. The highest BCUT2D eigenvalue weighted by atomic mass is 35.5. The number of phenolic OH excluding ortho intramolecular Hbond substituents is 1. The van der Waals surface area contributed by atoms with E-state index in [9.17, 15) is 5.11 Å². The molecular weight excluding hydrogens is 228 g/mol. The quantitative estimate of drug-likeness (QED) is 0.821. The van der Waals surface area contributed by atoms with Gasteiger partial charge in [-0.1, -0.05) is 25.4 Å². The fourth-order valence-electron chi connectivity index (χ4n) is 1.82. The van der Waals surface area contributed by atoms with Crippen molar-refractivity contribution in [2.24, 2.45) is 0 Å². The van der Waals surface area contributed by atoms with E-state index in [-0.39, 0.29) is 11.7 Å². The Kier molecular flexibility index (Phi) is 3.15. The topological polar surface area (TPSA) is 38.7 Å². The third-order valence-electron chi connectivity index (χ3n) is 2.58.